The molecule has 2 heterocycles. The van der Waals surface area contributed by atoms with Crippen LogP contribution in [0.15, 0.2) is 0 Å². The Kier molecular flexibility index (Phi) is 5.01. The summed E-state index contributed by atoms with van der Waals surface area (Å²) in [4.78, 5) is 25.9. The molecule has 0 atom stereocenters. The van der Waals surface area contributed by atoms with E-state index in [1.54, 1.807) is 0 Å². The second-order valence-corrected chi connectivity index (χ2v) is 4.99. The highest BCUT2D eigenvalue weighted by molar-refractivity contribution is 5.85. The molecule has 0 aromatic heterocycles. The van der Waals surface area contributed by atoms with Gasteiger partial charge in [-0.25, -0.2) is 18.4 Å². The molecule has 4 amide bonds. The first kappa shape index (κ1) is 16.7. The number of hydrogen-bond donors (Lipinski definition) is 2. The largest absolute Gasteiger partial charge is 0.341 e. The maximum atomic E-state index is 14.1. The van der Waals surface area contributed by atoms with Gasteiger partial charge in [-0.15, -0.1) is 12.4 Å². The number of hydrogen-bond acceptors (Lipinski definition) is 2. The predicted octanol–water partition coefficient (Wildman–Crippen LogP) is 0.586. The Morgan fingerprint density at radius 1 is 0.950 bits per heavy atom. The van der Waals surface area contributed by atoms with Crippen LogP contribution in [-0.4, -0.2) is 68.1 Å². The minimum absolute atomic E-state index is 0. The standard InChI is InChI=1S/C11H18F2N4O2.ClH/c1-14-9(18)16-3-7-5-17(10(19)15-2)6-8(4-16)11(7,12)13;/h7-8H,3-6H2,1-2H3,(H,14,18)(H,15,19);1H. The first-order valence-electron chi connectivity index (χ1n) is 6.21. The predicted molar refractivity (Wildman–Crippen MR) is 71.2 cm³/mol. The average molecular weight is 313 g/mol. The summed E-state index contributed by atoms with van der Waals surface area (Å²) < 4.78 is 28.2. The van der Waals surface area contributed by atoms with E-state index in [1.807, 2.05) is 0 Å². The molecule has 2 N–H and O–H groups in total. The second-order valence-electron chi connectivity index (χ2n) is 4.99. The minimum atomic E-state index is -2.82. The van der Waals surface area contributed by atoms with Crippen LogP contribution in [0.1, 0.15) is 0 Å². The fourth-order valence-corrected chi connectivity index (χ4v) is 2.80. The Bertz CT molecular complexity index is 351. The summed E-state index contributed by atoms with van der Waals surface area (Å²) in [7, 11) is 2.95. The molecule has 9 heteroatoms. The fraction of sp³-hybridized carbons (Fsp3) is 0.818. The van der Waals surface area contributed by atoms with Crippen molar-refractivity contribution in [2.24, 2.45) is 11.8 Å². The van der Waals surface area contributed by atoms with Gasteiger partial charge in [0.15, 0.2) is 0 Å². The SMILES string of the molecule is CNC(=O)N1CC2CN(C(=O)NC)CC(C1)C2(F)F.Cl. The van der Waals surface area contributed by atoms with E-state index in [1.165, 1.54) is 23.9 Å². The first-order chi connectivity index (χ1) is 8.90. The van der Waals surface area contributed by atoms with Crippen LogP contribution in [0, 0.1) is 11.8 Å². The first-order valence-corrected chi connectivity index (χ1v) is 6.21. The van der Waals surface area contributed by atoms with Crippen molar-refractivity contribution in [1.29, 1.82) is 0 Å². The summed E-state index contributed by atoms with van der Waals surface area (Å²) in [6, 6.07) is -0.696. The number of urea groups is 2. The number of alkyl halides is 2. The maximum Gasteiger partial charge on any atom is 0.317 e. The summed E-state index contributed by atoms with van der Waals surface area (Å²) in [5.74, 6) is -4.83. The monoisotopic (exact) mass is 312 g/mol. The molecule has 2 aliphatic heterocycles. The molecule has 0 spiro atoms. The van der Waals surface area contributed by atoms with Gasteiger partial charge >= 0.3 is 12.1 Å². The van der Waals surface area contributed by atoms with Gasteiger partial charge in [-0.3, -0.25) is 0 Å². The van der Waals surface area contributed by atoms with Crippen LogP contribution < -0.4 is 10.6 Å². The highest BCUT2D eigenvalue weighted by atomic mass is 35.5. The zero-order valence-electron chi connectivity index (χ0n) is 11.4. The Morgan fingerprint density at radius 2 is 1.25 bits per heavy atom. The highest BCUT2D eigenvalue weighted by Gasteiger charge is 2.56. The van der Waals surface area contributed by atoms with Gasteiger partial charge in [-0.05, 0) is 0 Å². The van der Waals surface area contributed by atoms with Crippen molar-refractivity contribution in [2.45, 2.75) is 5.92 Å². The van der Waals surface area contributed by atoms with Crippen molar-refractivity contribution < 1.29 is 18.4 Å². The number of rotatable bonds is 0. The van der Waals surface area contributed by atoms with E-state index in [2.05, 4.69) is 10.6 Å². The Labute approximate surface area is 122 Å². The minimum Gasteiger partial charge on any atom is -0.341 e. The molecule has 20 heavy (non-hydrogen) atoms. The van der Waals surface area contributed by atoms with Gasteiger partial charge in [0.1, 0.15) is 0 Å². The molecule has 2 fully saturated rings. The van der Waals surface area contributed by atoms with E-state index >= 15 is 0 Å². The Balaban J connectivity index is 0.00000200. The van der Waals surface area contributed by atoms with Gasteiger partial charge in [-0.2, -0.15) is 0 Å². The second kappa shape index (κ2) is 5.99. The number of carbonyl (C=O) groups is 2. The molecule has 0 aromatic carbocycles. The van der Waals surface area contributed by atoms with E-state index in [0.29, 0.717) is 0 Å². The lowest BCUT2D eigenvalue weighted by Gasteiger charge is -2.50. The molecule has 2 aliphatic rings. The molecule has 0 saturated carbocycles. The summed E-state index contributed by atoms with van der Waals surface area (Å²) in [6.07, 6.45) is 0. The molecular formula is C11H19ClF2N4O2. The molecule has 0 aliphatic carbocycles. The molecule has 0 aromatic rings. The summed E-state index contributed by atoms with van der Waals surface area (Å²) in [5, 5.41) is 4.89. The van der Waals surface area contributed by atoms with Crippen molar-refractivity contribution in [3.8, 4) is 0 Å². The average Bonchev–Trinajstić information content (AvgIpc) is 2.35. The van der Waals surface area contributed by atoms with Crippen LogP contribution in [0.5, 0.6) is 0 Å². The Morgan fingerprint density at radius 3 is 1.50 bits per heavy atom. The van der Waals surface area contributed by atoms with E-state index in [-0.39, 0.29) is 50.6 Å². The number of nitrogens with zero attached hydrogens (tertiary/aromatic N) is 2. The fourth-order valence-electron chi connectivity index (χ4n) is 2.80. The van der Waals surface area contributed by atoms with E-state index in [0.717, 1.165) is 0 Å². The molecule has 6 nitrogen and oxygen atoms in total. The number of nitrogens with one attached hydrogen (secondary N) is 2. The van der Waals surface area contributed by atoms with Crippen molar-refractivity contribution in [2.75, 3.05) is 40.3 Å². The van der Waals surface area contributed by atoms with E-state index in [4.69, 9.17) is 0 Å². The van der Waals surface area contributed by atoms with Crippen LogP contribution in [-0.2, 0) is 0 Å². The zero-order valence-corrected chi connectivity index (χ0v) is 12.2. The number of amides is 4. The summed E-state index contributed by atoms with van der Waals surface area (Å²) in [5.41, 5.74) is 0. The number of carbonyl (C=O) groups excluding carboxylic acids is 2. The van der Waals surface area contributed by atoms with Gasteiger partial charge in [0, 0.05) is 40.3 Å². The third-order valence-electron chi connectivity index (χ3n) is 3.85. The van der Waals surface area contributed by atoms with E-state index < -0.39 is 17.8 Å². The van der Waals surface area contributed by atoms with Gasteiger partial charge < -0.3 is 20.4 Å². The van der Waals surface area contributed by atoms with Crippen molar-refractivity contribution in [1.82, 2.24) is 20.4 Å². The lowest BCUT2D eigenvalue weighted by Crippen LogP contribution is -2.66. The van der Waals surface area contributed by atoms with Crippen LogP contribution >= 0.6 is 12.4 Å². The van der Waals surface area contributed by atoms with Crippen molar-refractivity contribution in [3.63, 3.8) is 0 Å². The third-order valence-corrected chi connectivity index (χ3v) is 3.85. The number of likely N-dealkylation sites (tertiary alicyclic amines) is 2. The molecule has 0 unspecified atom stereocenters. The summed E-state index contributed by atoms with van der Waals surface area (Å²) >= 11 is 0. The maximum absolute atomic E-state index is 14.1. The van der Waals surface area contributed by atoms with Crippen LogP contribution in [0.25, 0.3) is 0 Å². The number of piperidine rings is 2. The van der Waals surface area contributed by atoms with Crippen molar-refractivity contribution in [3.05, 3.63) is 0 Å². The smallest absolute Gasteiger partial charge is 0.317 e. The molecule has 0 radical (unpaired) electrons. The molecule has 2 bridgehead atoms. The topological polar surface area (TPSA) is 64.7 Å². The highest BCUT2D eigenvalue weighted by Crippen LogP contribution is 2.42. The quantitative estimate of drug-likeness (QED) is 0.687. The van der Waals surface area contributed by atoms with Crippen molar-refractivity contribution >= 4 is 24.5 Å². The third kappa shape index (κ3) is 2.74. The zero-order chi connectivity index (χ0) is 14.2. The van der Waals surface area contributed by atoms with Gasteiger partial charge in [-0.1, -0.05) is 0 Å². The van der Waals surface area contributed by atoms with Crippen LogP contribution in [0.4, 0.5) is 18.4 Å². The lowest BCUT2D eigenvalue weighted by molar-refractivity contribution is -0.173. The van der Waals surface area contributed by atoms with Gasteiger partial charge in [0.25, 0.3) is 5.92 Å². The molecule has 2 saturated heterocycles. The van der Waals surface area contributed by atoms with Gasteiger partial charge in [0.05, 0.1) is 11.8 Å². The number of fused-ring (bicyclic) bond motifs is 2. The Hall–Kier alpha value is -1.31. The van der Waals surface area contributed by atoms with E-state index in [9.17, 15) is 18.4 Å². The summed E-state index contributed by atoms with van der Waals surface area (Å²) in [6.45, 7) is -0.124. The molecular weight excluding hydrogens is 294 g/mol. The van der Waals surface area contributed by atoms with Gasteiger partial charge in [0.2, 0.25) is 0 Å². The van der Waals surface area contributed by atoms with Crippen LogP contribution in [0.3, 0.4) is 0 Å². The normalized spacial score (nSPS) is 27.4. The molecule has 116 valence electrons. The molecule has 2 rings (SSSR count). The van der Waals surface area contributed by atoms with Crippen LogP contribution in [0.2, 0.25) is 0 Å². The number of halogens is 3. The lowest BCUT2D eigenvalue weighted by atomic mass is 9.80.